The van der Waals surface area contributed by atoms with Gasteiger partial charge in [0.2, 0.25) is 5.91 Å². The van der Waals surface area contributed by atoms with Crippen LogP contribution < -0.4 is 10.6 Å². The van der Waals surface area contributed by atoms with E-state index in [0.29, 0.717) is 5.92 Å². The van der Waals surface area contributed by atoms with Gasteiger partial charge in [0.15, 0.2) is 0 Å². The van der Waals surface area contributed by atoms with Gasteiger partial charge in [0.1, 0.15) is 17.0 Å². The van der Waals surface area contributed by atoms with E-state index < -0.39 is 0 Å². The molecule has 2 unspecified atom stereocenters. The summed E-state index contributed by atoms with van der Waals surface area (Å²) in [5, 5.41) is 3.13. The monoisotopic (exact) mass is 411 g/mol. The summed E-state index contributed by atoms with van der Waals surface area (Å²) in [4.78, 5) is 26.8. The molecule has 2 aromatic rings. The van der Waals surface area contributed by atoms with Crippen LogP contribution in [-0.2, 0) is 4.79 Å². The minimum atomic E-state index is 0. The van der Waals surface area contributed by atoms with Crippen molar-refractivity contribution in [1.29, 1.82) is 0 Å². The molecule has 3 heterocycles. The number of amides is 1. The third kappa shape index (κ3) is 5.09. The molecule has 1 saturated heterocycles. The zero-order valence-corrected chi connectivity index (χ0v) is 17.9. The Bertz CT molecular complexity index is 753. The molecule has 3 rings (SSSR count). The van der Waals surface area contributed by atoms with E-state index in [1.165, 1.54) is 0 Å². The van der Waals surface area contributed by atoms with E-state index in [0.717, 1.165) is 54.9 Å². The molecule has 0 aliphatic carbocycles. The van der Waals surface area contributed by atoms with Crippen LogP contribution in [0.1, 0.15) is 33.1 Å². The van der Waals surface area contributed by atoms with Crippen LogP contribution in [0.4, 0.5) is 5.82 Å². The van der Waals surface area contributed by atoms with Crippen molar-refractivity contribution < 1.29 is 4.79 Å². The molecule has 2 aromatic heterocycles. The highest BCUT2D eigenvalue weighted by Gasteiger charge is 2.29. The van der Waals surface area contributed by atoms with Gasteiger partial charge in [0.25, 0.3) is 0 Å². The Morgan fingerprint density at radius 2 is 2.22 bits per heavy atom. The lowest BCUT2D eigenvalue weighted by molar-refractivity contribution is -0.134. The van der Waals surface area contributed by atoms with Gasteiger partial charge in [-0.1, -0.05) is 13.8 Å². The van der Waals surface area contributed by atoms with Crippen molar-refractivity contribution in [2.24, 2.45) is 17.6 Å². The summed E-state index contributed by atoms with van der Waals surface area (Å²) in [7, 11) is 1.90. The van der Waals surface area contributed by atoms with E-state index in [2.05, 4.69) is 34.8 Å². The number of carbonyl (C=O) groups is 1. The smallest absolute Gasteiger partial charge is 0.227 e. The number of thiophene rings is 1. The molecule has 1 aliphatic rings. The Labute approximate surface area is 171 Å². The lowest BCUT2D eigenvalue weighted by Gasteiger charge is -2.35. The quantitative estimate of drug-likeness (QED) is 0.790. The van der Waals surface area contributed by atoms with Gasteiger partial charge in [-0.2, -0.15) is 0 Å². The number of anilines is 1. The summed E-state index contributed by atoms with van der Waals surface area (Å²) in [6.45, 7) is 6.63. The minimum absolute atomic E-state index is 0. The number of piperidine rings is 1. The summed E-state index contributed by atoms with van der Waals surface area (Å²) in [6.07, 6.45) is 4.41. The van der Waals surface area contributed by atoms with Gasteiger partial charge in [-0.25, -0.2) is 9.97 Å². The van der Waals surface area contributed by atoms with Crippen molar-refractivity contribution in [3.05, 3.63) is 17.8 Å². The van der Waals surface area contributed by atoms with Crippen molar-refractivity contribution >= 4 is 45.7 Å². The van der Waals surface area contributed by atoms with Crippen LogP contribution in [0, 0.1) is 11.8 Å². The molecule has 6 nitrogen and oxygen atoms in total. The fourth-order valence-corrected chi connectivity index (χ4v) is 4.23. The second-order valence-electron chi connectivity index (χ2n) is 7.58. The predicted molar refractivity (Wildman–Crippen MR) is 115 cm³/mol. The highest BCUT2D eigenvalue weighted by atomic mass is 35.5. The number of aromatic nitrogens is 2. The Morgan fingerprint density at radius 3 is 2.96 bits per heavy atom. The number of halogens is 1. The summed E-state index contributed by atoms with van der Waals surface area (Å²) < 4.78 is 0. The second-order valence-corrected chi connectivity index (χ2v) is 8.47. The molecule has 0 bridgehead atoms. The van der Waals surface area contributed by atoms with Gasteiger partial charge < -0.3 is 15.5 Å². The first-order valence-corrected chi connectivity index (χ1v) is 10.3. The standard InChI is InChI=1S/C19H29N5OS.ClH/c1-13(2)16(20)6-9-23(3)19(25)14-5-4-8-24(11-14)17-15-7-10-26-18(15)22-12-21-17;/h7,10,12-14,16H,4-6,8-9,11,20H2,1-3H3;1H. The van der Waals surface area contributed by atoms with Gasteiger partial charge in [-0.15, -0.1) is 23.7 Å². The maximum absolute atomic E-state index is 12.9. The van der Waals surface area contributed by atoms with Crippen molar-refractivity contribution in [2.75, 3.05) is 31.6 Å². The van der Waals surface area contributed by atoms with Crippen LogP contribution in [0.25, 0.3) is 10.2 Å². The normalized spacial score (nSPS) is 18.4. The fourth-order valence-electron chi connectivity index (χ4n) is 3.50. The summed E-state index contributed by atoms with van der Waals surface area (Å²) in [6, 6.07) is 2.21. The molecular weight excluding hydrogens is 382 g/mol. The first kappa shape index (κ1) is 21.9. The second kappa shape index (κ2) is 9.66. The number of hydrogen-bond donors (Lipinski definition) is 1. The van der Waals surface area contributed by atoms with Crippen LogP contribution in [0.5, 0.6) is 0 Å². The van der Waals surface area contributed by atoms with Crippen LogP contribution in [0.2, 0.25) is 0 Å². The largest absolute Gasteiger partial charge is 0.355 e. The predicted octanol–water partition coefficient (Wildman–Crippen LogP) is 3.16. The summed E-state index contributed by atoms with van der Waals surface area (Å²) >= 11 is 1.62. The molecule has 0 spiro atoms. The van der Waals surface area contributed by atoms with E-state index in [1.54, 1.807) is 17.7 Å². The number of nitrogens with two attached hydrogens (primary N) is 1. The third-order valence-corrected chi connectivity index (χ3v) is 6.16. The Balaban J connectivity index is 0.00000261. The molecule has 0 saturated carbocycles. The highest BCUT2D eigenvalue weighted by Crippen LogP contribution is 2.30. The molecule has 2 N–H and O–H groups in total. The fraction of sp³-hybridized carbons (Fsp3) is 0.632. The minimum Gasteiger partial charge on any atom is -0.355 e. The molecular formula is C19H30ClN5OS. The van der Waals surface area contributed by atoms with Crippen molar-refractivity contribution in [3.8, 4) is 0 Å². The molecule has 150 valence electrons. The van der Waals surface area contributed by atoms with Gasteiger partial charge in [0.05, 0.1) is 11.3 Å². The van der Waals surface area contributed by atoms with Gasteiger partial charge in [0, 0.05) is 32.7 Å². The zero-order valence-electron chi connectivity index (χ0n) is 16.3. The Kier molecular flexibility index (Phi) is 7.82. The molecule has 1 fully saturated rings. The topological polar surface area (TPSA) is 75.3 Å². The van der Waals surface area contributed by atoms with Crippen LogP contribution in [0.3, 0.4) is 0 Å². The number of hydrogen-bond acceptors (Lipinski definition) is 6. The Hall–Kier alpha value is -1.44. The van der Waals surface area contributed by atoms with Crippen LogP contribution in [-0.4, -0.2) is 53.5 Å². The number of carbonyl (C=O) groups excluding carboxylic acids is 1. The molecule has 0 radical (unpaired) electrons. The van der Waals surface area contributed by atoms with Crippen molar-refractivity contribution in [3.63, 3.8) is 0 Å². The maximum atomic E-state index is 12.9. The SMILES string of the molecule is CC(C)C(N)CCN(C)C(=O)C1CCCN(c2ncnc3sccc23)C1.Cl. The Morgan fingerprint density at radius 1 is 1.44 bits per heavy atom. The molecule has 8 heteroatoms. The average Bonchev–Trinajstić information content (AvgIpc) is 3.14. The summed E-state index contributed by atoms with van der Waals surface area (Å²) in [5.74, 6) is 1.64. The molecule has 1 amide bonds. The van der Waals surface area contributed by atoms with Gasteiger partial charge in [-0.05, 0) is 36.6 Å². The third-order valence-electron chi connectivity index (χ3n) is 5.34. The lowest BCUT2D eigenvalue weighted by atomic mass is 9.96. The zero-order chi connectivity index (χ0) is 18.7. The van der Waals surface area contributed by atoms with E-state index in [9.17, 15) is 4.79 Å². The summed E-state index contributed by atoms with van der Waals surface area (Å²) in [5.41, 5.74) is 6.12. The molecule has 1 aliphatic heterocycles. The lowest BCUT2D eigenvalue weighted by Crippen LogP contribution is -2.45. The molecule has 27 heavy (non-hydrogen) atoms. The highest BCUT2D eigenvalue weighted by molar-refractivity contribution is 7.16. The first-order valence-electron chi connectivity index (χ1n) is 9.41. The molecule has 0 aromatic carbocycles. The van der Waals surface area contributed by atoms with E-state index in [4.69, 9.17) is 5.73 Å². The van der Waals surface area contributed by atoms with Gasteiger partial charge in [-0.3, -0.25) is 4.79 Å². The average molecular weight is 412 g/mol. The van der Waals surface area contributed by atoms with Crippen LogP contribution in [0.15, 0.2) is 17.8 Å². The first-order chi connectivity index (χ1) is 12.5. The number of fused-ring (bicyclic) bond motifs is 1. The van der Waals surface area contributed by atoms with Crippen molar-refractivity contribution in [1.82, 2.24) is 14.9 Å². The number of nitrogens with zero attached hydrogens (tertiary/aromatic N) is 4. The van der Waals surface area contributed by atoms with E-state index in [-0.39, 0.29) is 30.3 Å². The maximum Gasteiger partial charge on any atom is 0.227 e. The van der Waals surface area contributed by atoms with E-state index in [1.807, 2.05) is 17.3 Å². The van der Waals surface area contributed by atoms with Crippen molar-refractivity contribution in [2.45, 2.75) is 39.2 Å². The van der Waals surface area contributed by atoms with Gasteiger partial charge >= 0.3 is 0 Å². The molecule has 2 atom stereocenters. The van der Waals surface area contributed by atoms with E-state index >= 15 is 0 Å². The number of rotatable bonds is 6. The van der Waals surface area contributed by atoms with Crippen LogP contribution >= 0.6 is 23.7 Å².